The normalized spacial score (nSPS) is 23.5. The lowest BCUT2D eigenvalue weighted by Gasteiger charge is -2.44. The molecular formula is C65H82FN11O8. The van der Waals surface area contributed by atoms with Gasteiger partial charge in [-0.15, -0.1) is 0 Å². The van der Waals surface area contributed by atoms with E-state index in [4.69, 9.17) is 33.9 Å². The van der Waals surface area contributed by atoms with E-state index in [0.717, 1.165) is 125 Å². The Balaban J connectivity index is 0.629. The van der Waals surface area contributed by atoms with Crippen LogP contribution in [-0.4, -0.2) is 192 Å². The van der Waals surface area contributed by atoms with E-state index in [2.05, 4.69) is 48.9 Å². The number of nitrogens with zero attached hydrogens (tertiary/aromatic N) is 10. The van der Waals surface area contributed by atoms with E-state index >= 15 is 4.39 Å². The number of methoxy groups -OCH3 is 1. The quantitative estimate of drug-likeness (QED) is 0.0741. The lowest BCUT2D eigenvalue weighted by atomic mass is 9.93. The topological polar surface area (TPSA) is 179 Å². The molecule has 13 rings (SSSR count). The summed E-state index contributed by atoms with van der Waals surface area (Å²) in [5.74, 6) is 0.430. The summed E-state index contributed by atoms with van der Waals surface area (Å²) in [5, 5.41) is 4.71. The van der Waals surface area contributed by atoms with Crippen molar-refractivity contribution in [3.8, 4) is 23.0 Å². The molecule has 20 heteroatoms. The number of nitrogens with one attached hydrogen (secondary N) is 1. The average molecular weight is 1160 g/mol. The summed E-state index contributed by atoms with van der Waals surface area (Å²) in [6.07, 6.45) is 11.2. The van der Waals surface area contributed by atoms with E-state index in [9.17, 15) is 19.2 Å². The maximum atomic E-state index is 17.8. The number of carbonyl (C=O) groups is 4. The van der Waals surface area contributed by atoms with E-state index in [-0.39, 0.29) is 71.7 Å². The van der Waals surface area contributed by atoms with Crippen molar-refractivity contribution in [2.75, 3.05) is 109 Å². The highest BCUT2D eigenvalue weighted by molar-refractivity contribution is 6.06. The van der Waals surface area contributed by atoms with Crippen LogP contribution in [-0.2, 0) is 32.0 Å². The van der Waals surface area contributed by atoms with Gasteiger partial charge in [0, 0.05) is 107 Å². The van der Waals surface area contributed by atoms with Crippen molar-refractivity contribution in [1.29, 1.82) is 0 Å². The van der Waals surface area contributed by atoms with Crippen molar-refractivity contribution in [3.63, 3.8) is 0 Å². The van der Waals surface area contributed by atoms with Crippen LogP contribution in [0.2, 0.25) is 0 Å². The minimum Gasteiger partial charge on any atom is -0.468 e. The maximum Gasteiger partial charge on any atom is 0.410 e. The fourth-order valence-electron chi connectivity index (χ4n) is 14.9. The average Bonchev–Trinajstić information content (AvgIpc) is 1.97. The van der Waals surface area contributed by atoms with Crippen LogP contribution in [0.3, 0.4) is 0 Å². The number of piperidine rings is 3. The van der Waals surface area contributed by atoms with Crippen molar-refractivity contribution >= 4 is 57.0 Å². The van der Waals surface area contributed by atoms with Crippen molar-refractivity contribution in [1.82, 2.24) is 44.8 Å². The number of fused-ring (bicyclic) bond motifs is 5. The molecule has 2 aromatic heterocycles. The second-order valence-corrected chi connectivity index (χ2v) is 26.4. The highest BCUT2D eigenvalue weighted by Gasteiger charge is 2.48. The first-order valence-electron chi connectivity index (χ1n) is 31.2. The number of aromatic nitrogens is 3. The fourth-order valence-corrected chi connectivity index (χ4v) is 14.9. The van der Waals surface area contributed by atoms with Gasteiger partial charge in [-0.2, -0.15) is 9.97 Å². The second-order valence-electron chi connectivity index (χ2n) is 26.4. The van der Waals surface area contributed by atoms with E-state index < -0.39 is 17.5 Å². The van der Waals surface area contributed by atoms with Crippen LogP contribution in [0, 0.1) is 17.2 Å². The number of rotatable bonds is 16. The number of hydrogen-bond acceptors (Lipinski definition) is 16. The zero-order valence-corrected chi connectivity index (χ0v) is 50.1. The maximum absolute atomic E-state index is 17.8. The first-order valence-corrected chi connectivity index (χ1v) is 31.2. The van der Waals surface area contributed by atoms with E-state index in [0.29, 0.717) is 72.7 Å². The van der Waals surface area contributed by atoms with Crippen LogP contribution in [0.25, 0.3) is 32.9 Å². The molecule has 2 unspecified atom stereocenters. The van der Waals surface area contributed by atoms with Gasteiger partial charge in [-0.05, 0) is 169 Å². The number of imide groups is 1. The van der Waals surface area contributed by atoms with Gasteiger partial charge < -0.3 is 43.4 Å². The van der Waals surface area contributed by atoms with Gasteiger partial charge in [-0.3, -0.25) is 34.5 Å². The molecule has 7 fully saturated rings. The molecule has 9 heterocycles. The van der Waals surface area contributed by atoms with Gasteiger partial charge in [0.2, 0.25) is 11.8 Å². The molecule has 1 N–H and O–H groups in total. The number of likely N-dealkylation sites (tertiary alicyclic amines) is 2. The highest BCUT2D eigenvalue weighted by Crippen LogP contribution is 2.48. The SMILES string of the molecule is CCc1cccc2cc(OCOC)cc(-c3ncc4c(N5CC6CCC(C5)N6C(=O)OC(C)(C)C)nc(OCC5(CN6CCC(CN7CCC(N8CCN(c9ccc%10c(c9)CN([C@H]9CCC(=O)NC9=O)C%10=O)CC8)CC7)CC6)CC5)nc4c3F)c12. The van der Waals surface area contributed by atoms with Gasteiger partial charge in [-0.1, -0.05) is 25.1 Å². The Labute approximate surface area is 497 Å². The number of ether oxygens (including phenoxy) is 4. The van der Waals surface area contributed by atoms with E-state index in [1.165, 1.54) is 25.7 Å². The van der Waals surface area contributed by atoms with Gasteiger partial charge in [0.15, 0.2) is 12.6 Å². The number of aryl methyl sites for hydroxylation is 1. The molecule has 3 aromatic carbocycles. The molecule has 452 valence electrons. The molecule has 1 aliphatic carbocycles. The number of halogens is 1. The zero-order chi connectivity index (χ0) is 58.7. The van der Waals surface area contributed by atoms with E-state index in [1.807, 2.05) is 62.1 Å². The van der Waals surface area contributed by atoms with Crippen molar-refractivity contribution < 1.29 is 42.5 Å². The summed E-state index contributed by atoms with van der Waals surface area (Å²) in [7, 11) is 1.57. The predicted octanol–water partition coefficient (Wildman–Crippen LogP) is 8.04. The molecule has 3 atom stereocenters. The molecule has 0 spiro atoms. The summed E-state index contributed by atoms with van der Waals surface area (Å²) < 4.78 is 41.5. The van der Waals surface area contributed by atoms with Crippen LogP contribution in [0.4, 0.5) is 20.7 Å². The van der Waals surface area contributed by atoms with Crippen molar-refractivity contribution in [2.45, 2.75) is 135 Å². The first kappa shape index (κ1) is 57.3. The first-order chi connectivity index (χ1) is 41.1. The third kappa shape index (κ3) is 11.8. The lowest BCUT2D eigenvalue weighted by molar-refractivity contribution is -0.136. The monoisotopic (exact) mass is 1160 g/mol. The number of piperazine rings is 2. The Bertz CT molecular complexity index is 3350. The Kier molecular flexibility index (Phi) is 15.9. The Morgan fingerprint density at radius 2 is 1.56 bits per heavy atom. The van der Waals surface area contributed by atoms with Crippen LogP contribution < -0.4 is 24.6 Å². The number of benzene rings is 3. The van der Waals surface area contributed by atoms with Crippen molar-refractivity contribution in [3.05, 3.63) is 77.2 Å². The van der Waals surface area contributed by atoms with Gasteiger partial charge in [-0.25, -0.2) is 9.18 Å². The van der Waals surface area contributed by atoms with Crippen molar-refractivity contribution in [2.24, 2.45) is 11.3 Å². The number of anilines is 2. The molecular weight excluding hydrogens is 1080 g/mol. The number of carbonyl (C=O) groups excluding carboxylic acids is 4. The van der Waals surface area contributed by atoms with Crippen LogP contribution >= 0.6 is 0 Å². The largest absolute Gasteiger partial charge is 0.468 e. The Hall–Kier alpha value is -6.74. The minimum atomic E-state index is -0.618. The molecule has 85 heavy (non-hydrogen) atoms. The predicted molar refractivity (Wildman–Crippen MR) is 321 cm³/mol. The Morgan fingerprint density at radius 3 is 2.27 bits per heavy atom. The molecule has 1 saturated carbocycles. The molecule has 5 aromatic rings. The number of hydrogen-bond donors (Lipinski definition) is 1. The van der Waals surface area contributed by atoms with Crippen LogP contribution in [0.5, 0.6) is 11.8 Å². The van der Waals surface area contributed by atoms with Crippen LogP contribution in [0.1, 0.15) is 113 Å². The fraction of sp³-hybridized carbons (Fsp3) is 0.585. The smallest absolute Gasteiger partial charge is 0.410 e. The molecule has 4 amide bonds. The molecule has 2 bridgehead atoms. The highest BCUT2D eigenvalue weighted by atomic mass is 19.1. The summed E-state index contributed by atoms with van der Waals surface area (Å²) in [6.45, 7) is 20.0. The third-order valence-electron chi connectivity index (χ3n) is 19.6. The van der Waals surface area contributed by atoms with E-state index in [1.54, 1.807) is 18.2 Å². The standard InChI is InChI=1S/C65H82FN11O8/c1-6-42-8-7-9-43-31-49(84-40-82-5)32-51(55(42)43)57-56(66)58-52(33-67-57)59(75-36-47-10-11-48(37-75)77(47)63(81)85-64(2,3)4)70-62(69-58)83-39-65(20-21-65)38-72-22-16-41(17-23-72)34-71-24-18-45(19-25-71)73-26-28-74(29-27-73)46-12-13-50-44(30-46)35-76(61(50)80)53-14-15-54(78)68-60(53)79/h7-9,12-13,30-33,41,45,47-48,53H,6,10-11,14-29,34-40H2,1-5H3,(H,68,78,79)/t47?,48?,53-/m0/s1. The lowest BCUT2D eigenvalue weighted by Crippen LogP contribution is -2.57. The summed E-state index contributed by atoms with van der Waals surface area (Å²) in [6, 6.07) is 15.9. The summed E-state index contributed by atoms with van der Waals surface area (Å²) in [4.78, 5) is 82.2. The Morgan fingerprint density at radius 1 is 0.812 bits per heavy atom. The number of amides is 4. The second kappa shape index (κ2) is 23.5. The molecule has 8 aliphatic rings. The summed E-state index contributed by atoms with van der Waals surface area (Å²) in [5.41, 5.74) is 4.07. The van der Waals surface area contributed by atoms with Gasteiger partial charge in [0.25, 0.3) is 5.91 Å². The number of pyridine rings is 1. The summed E-state index contributed by atoms with van der Waals surface area (Å²) >= 11 is 0. The van der Waals surface area contributed by atoms with Crippen LogP contribution in [0.15, 0.2) is 54.7 Å². The molecule has 19 nitrogen and oxygen atoms in total. The molecule has 7 aliphatic heterocycles. The van der Waals surface area contributed by atoms with Gasteiger partial charge in [0.1, 0.15) is 34.4 Å². The van der Waals surface area contributed by atoms with Gasteiger partial charge >= 0.3 is 12.1 Å². The third-order valence-corrected chi connectivity index (χ3v) is 19.6. The zero-order valence-electron chi connectivity index (χ0n) is 50.1. The van der Waals surface area contributed by atoms with Gasteiger partial charge in [0.05, 0.1) is 24.1 Å². The minimum absolute atomic E-state index is 0.0280. The molecule has 0 radical (unpaired) electrons. The molecule has 6 saturated heterocycles.